The zero-order valence-electron chi connectivity index (χ0n) is 13.4. The summed E-state index contributed by atoms with van der Waals surface area (Å²) < 4.78 is 6.04. The van der Waals surface area contributed by atoms with Gasteiger partial charge in [0.25, 0.3) is 0 Å². The molecule has 4 heteroatoms. The summed E-state index contributed by atoms with van der Waals surface area (Å²) >= 11 is 0. The number of para-hydroxylation sites is 3. The van der Waals surface area contributed by atoms with Gasteiger partial charge in [-0.1, -0.05) is 30.3 Å². The maximum Gasteiger partial charge on any atom is 0.150 e. The summed E-state index contributed by atoms with van der Waals surface area (Å²) in [6.45, 7) is 5.81. The van der Waals surface area contributed by atoms with Crippen molar-refractivity contribution in [3.63, 3.8) is 0 Å². The molecule has 23 heavy (non-hydrogen) atoms. The number of hydrogen-bond acceptors (Lipinski definition) is 4. The third kappa shape index (κ3) is 4.11. The summed E-state index contributed by atoms with van der Waals surface area (Å²) in [5, 5.41) is 0. The van der Waals surface area contributed by atoms with Gasteiger partial charge >= 0.3 is 0 Å². The Morgan fingerprint density at radius 2 is 1.61 bits per heavy atom. The first-order valence-electron chi connectivity index (χ1n) is 8.01. The van der Waals surface area contributed by atoms with Crippen LogP contribution in [0.15, 0.2) is 54.6 Å². The van der Waals surface area contributed by atoms with Gasteiger partial charge in [-0.25, -0.2) is 0 Å². The van der Waals surface area contributed by atoms with Gasteiger partial charge in [-0.3, -0.25) is 9.69 Å². The second-order valence-corrected chi connectivity index (χ2v) is 5.85. The first-order valence-corrected chi connectivity index (χ1v) is 8.01. The average Bonchev–Trinajstić information content (AvgIpc) is 2.57. The SMILES string of the molecule is CC(=O)CN1CCN(c2ccccc2Oc2ccccc2)CC1. The molecule has 3 rings (SSSR count). The molecule has 0 saturated carbocycles. The van der Waals surface area contributed by atoms with E-state index in [1.54, 1.807) is 6.92 Å². The number of ketones is 1. The summed E-state index contributed by atoms with van der Waals surface area (Å²) in [7, 11) is 0. The lowest BCUT2D eigenvalue weighted by Gasteiger charge is -2.36. The van der Waals surface area contributed by atoms with Gasteiger partial charge in [-0.05, 0) is 31.2 Å². The molecule has 1 aliphatic rings. The van der Waals surface area contributed by atoms with Crippen LogP contribution in [0.2, 0.25) is 0 Å². The number of ether oxygens (including phenoxy) is 1. The Morgan fingerprint density at radius 3 is 2.30 bits per heavy atom. The van der Waals surface area contributed by atoms with E-state index in [0.29, 0.717) is 6.54 Å². The van der Waals surface area contributed by atoms with Gasteiger partial charge in [0.2, 0.25) is 0 Å². The van der Waals surface area contributed by atoms with Crippen molar-refractivity contribution in [2.24, 2.45) is 0 Å². The van der Waals surface area contributed by atoms with E-state index in [9.17, 15) is 4.79 Å². The van der Waals surface area contributed by atoms with Crippen molar-refractivity contribution >= 4 is 11.5 Å². The normalized spacial score (nSPS) is 15.4. The number of rotatable bonds is 5. The van der Waals surface area contributed by atoms with Gasteiger partial charge in [-0.15, -0.1) is 0 Å². The quantitative estimate of drug-likeness (QED) is 0.849. The average molecular weight is 310 g/mol. The molecule has 0 bridgehead atoms. The third-order valence-corrected chi connectivity index (χ3v) is 4.00. The van der Waals surface area contributed by atoms with Gasteiger partial charge in [0.1, 0.15) is 11.5 Å². The molecule has 1 saturated heterocycles. The second-order valence-electron chi connectivity index (χ2n) is 5.85. The predicted molar refractivity (Wildman–Crippen MR) is 92.3 cm³/mol. The summed E-state index contributed by atoms with van der Waals surface area (Å²) in [6, 6.07) is 18.0. The fraction of sp³-hybridized carbons (Fsp3) is 0.316. The van der Waals surface area contributed by atoms with E-state index in [-0.39, 0.29) is 5.78 Å². The van der Waals surface area contributed by atoms with E-state index in [2.05, 4.69) is 15.9 Å². The molecule has 0 aliphatic carbocycles. The highest BCUT2D eigenvalue weighted by atomic mass is 16.5. The lowest BCUT2D eigenvalue weighted by molar-refractivity contribution is -0.118. The molecule has 1 aliphatic heterocycles. The third-order valence-electron chi connectivity index (χ3n) is 4.00. The van der Waals surface area contributed by atoms with E-state index in [4.69, 9.17) is 4.74 Å². The molecule has 0 amide bonds. The summed E-state index contributed by atoms with van der Waals surface area (Å²) in [5.41, 5.74) is 1.11. The highest BCUT2D eigenvalue weighted by Crippen LogP contribution is 2.32. The molecule has 0 N–H and O–H groups in total. The fourth-order valence-electron chi connectivity index (χ4n) is 2.88. The summed E-state index contributed by atoms with van der Waals surface area (Å²) in [5.74, 6) is 1.94. The first kappa shape index (κ1) is 15.6. The van der Waals surface area contributed by atoms with Crippen molar-refractivity contribution in [2.45, 2.75) is 6.92 Å². The van der Waals surface area contributed by atoms with Crippen molar-refractivity contribution in [1.29, 1.82) is 0 Å². The molecule has 0 radical (unpaired) electrons. The Kier molecular flexibility index (Phi) is 4.93. The molecular formula is C19H22N2O2. The molecule has 1 fully saturated rings. The van der Waals surface area contributed by atoms with Crippen LogP contribution in [0.1, 0.15) is 6.92 Å². The highest BCUT2D eigenvalue weighted by Gasteiger charge is 2.20. The monoisotopic (exact) mass is 310 g/mol. The smallest absolute Gasteiger partial charge is 0.150 e. The zero-order chi connectivity index (χ0) is 16.1. The van der Waals surface area contributed by atoms with Crippen molar-refractivity contribution in [2.75, 3.05) is 37.6 Å². The lowest BCUT2D eigenvalue weighted by atomic mass is 10.2. The Hall–Kier alpha value is -2.33. The number of carbonyl (C=O) groups excluding carboxylic acids is 1. The molecule has 0 spiro atoms. The van der Waals surface area contributed by atoms with Crippen LogP contribution in [0.5, 0.6) is 11.5 Å². The van der Waals surface area contributed by atoms with Crippen LogP contribution >= 0.6 is 0 Å². The van der Waals surface area contributed by atoms with Crippen molar-refractivity contribution in [3.8, 4) is 11.5 Å². The minimum absolute atomic E-state index is 0.228. The van der Waals surface area contributed by atoms with Crippen molar-refractivity contribution < 1.29 is 9.53 Å². The maximum atomic E-state index is 11.2. The van der Waals surface area contributed by atoms with Crippen LogP contribution in [-0.4, -0.2) is 43.4 Å². The van der Waals surface area contributed by atoms with Gasteiger partial charge in [0, 0.05) is 26.2 Å². The minimum Gasteiger partial charge on any atom is -0.455 e. The lowest BCUT2D eigenvalue weighted by Crippen LogP contribution is -2.47. The fourth-order valence-corrected chi connectivity index (χ4v) is 2.88. The molecule has 2 aromatic rings. The molecule has 0 aromatic heterocycles. The highest BCUT2D eigenvalue weighted by molar-refractivity contribution is 5.77. The van der Waals surface area contributed by atoms with Gasteiger partial charge < -0.3 is 9.64 Å². The Morgan fingerprint density at radius 1 is 0.957 bits per heavy atom. The standard InChI is InChI=1S/C19H22N2O2/c1-16(22)15-20-11-13-21(14-12-20)18-9-5-6-10-19(18)23-17-7-3-2-4-8-17/h2-10H,11-15H2,1H3. The van der Waals surface area contributed by atoms with Gasteiger partial charge in [-0.2, -0.15) is 0 Å². The number of anilines is 1. The van der Waals surface area contributed by atoms with E-state index < -0.39 is 0 Å². The Bertz CT molecular complexity index is 649. The predicted octanol–water partition coefficient (Wildman–Crippen LogP) is 3.19. The molecule has 1 heterocycles. The van der Waals surface area contributed by atoms with E-state index >= 15 is 0 Å². The van der Waals surface area contributed by atoms with Crippen LogP contribution in [0.3, 0.4) is 0 Å². The van der Waals surface area contributed by atoms with Gasteiger partial charge in [0.05, 0.1) is 12.2 Å². The molecule has 2 aromatic carbocycles. The number of benzene rings is 2. The van der Waals surface area contributed by atoms with Crippen LogP contribution in [0, 0.1) is 0 Å². The molecule has 4 nitrogen and oxygen atoms in total. The van der Waals surface area contributed by atoms with Gasteiger partial charge in [0.15, 0.2) is 5.75 Å². The summed E-state index contributed by atoms with van der Waals surface area (Å²) in [4.78, 5) is 15.8. The Balaban J connectivity index is 1.70. The number of hydrogen-bond donors (Lipinski definition) is 0. The zero-order valence-corrected chi connectivity index (χ0v) is 13.4. The molecule has 0 atom stereocenters. The molecule has 0 unspecified atom stereocenters. The van der Waals surface area contributed by atoms with E-state index in [0.717, 1.165) is 43.4 Å². The number of carbonyl (C=O) groups is 1. The van der Waals surface area contributed by atoms with Crippen LogP contribution in [0.4, 0.5) is 5.69 Å². The topological polar surface area (TPSA) is 32.8 Å². The van der Waals surface area contributed by atoms with Crippen molar-refractivity contribution in [1.82, 2.24) is 4.90 Å². The minimum atomic E-state index is 0.228. The largest absolute Gasteiger partial charge is 0.455 e. The van der Waals surface area contributed by atoms with Crippen molar-refractivity contribution in [3.05, 3.63) is 54.6 Å². The molecule has 120 valence electrons. The Labute approximate surface area is 137 Å². The number of Topliss-reactive ketones (excluding diaryl/α,β-unsaturated/α-hetero) is 1. The van der Waals surface area contributed by atoms with Crippen LogP contribution < -0.4 is 9.64 Å². The van der Waals surface area contributed by atoms with E-state index in [1.165, 1.54) is 0 Å². The number of piperazine rings is 1. The van der Waals surface area contributed by atoms with E-state index in [1.807, 2.05) is 48.5 Å². The summed E-state index contributed by atoms with van der Waals surface area (Å²) in [6.07, 6.45) is 0. The second kappa shape index (κ2) is 7.29. The number of nitrogens with zero attached hydrogens (tertiary/aromatic N) is 2. The van der Waals surface area contributed by atoms with Crippen LogP contribution in [0.25, 0.3) is 0 Å². The van der Waals surface area contributed by atoms with Crippen LogP contribution in [-0.2, 0) is 4.79 Å². The first-order chi connectivity index (χ1) is 11.2. The maximum absolute atomic E-state index is 11.2. The molecular weight excluding hydrogens is 288 g/mol.